The largest absolute Gasteiger partial charge is 0.395 e. The lowest BCUT2D eigenvalue weighted by molar-refractivity contribution is -0.149. The zero-order valence-electron chi connectivity index (χ0n) is 10.2. The Kier molecular flexibility index (Phi) is 3.15. The van der Waals surface area contributed by atoms with Crippen LogP contribution < -0.4 is 5.73 Å². The fourth-order valence-electron chi connectivity index (χ4n) is 2.58. The fourth-order valence-corrected chi connectivity index (χ4v) is 2.79. The molecule has 106 valence electrons. The third-order valence-corrected chi connectivity index (χ3v) is 4.18. The zero-order chi connectivity index (χ0) is 13.6. The van der Waals surface area contributed by atoms with Gasteiger partial charge in [-0.2, -0.15) is 5.10 Å². The monoisotopic (exact) mass is 292 g/mol. The molecule has 0 saturated carbocycles. The average molecular weight is 293 g/mol. The molecule has 5 nitrogen and oxygen atoms in total. The van der Waals surface area contributed by atoms with Crippen LogP contribution in [0.2, 0.25) is 5.15 Å². The normalized spacial score (nSPS) is 28.3. The topological polar surface area (TPSA) is 56.3 Å². The minimum atomic E-state index is -2.88. The number of nitrogens with zero attached hydrogens (tertiary/aromatic N) is 3. The van der Waals surface area contributed by atoms with E-state index >= 15 is 0 Å². The van der Waals surface area contributed by atoms with Crippen molar-refractivity contribution in [2.75, 3.05) is 32.0 Å². The van der Waals surface area contributed by atoms with Crippen molar-refractivity contribution in [2.24, 2.45) is 0 Å². The van der Waals surface area contributed by atoms with Gasteiger partial charge in [-0.25, -0.2) is 13.5 Å². The third kappa shape index (κ3) is 2.19. The average Bonchev–Trinajstić information content (AvgIpc) is 2.57. The van der Waals surface area contributed by atoms with Gasteiger partial charge in [0.2, 0.25) is 0 Å². The molecule has 0 aliphatic carbocycles. The third-order valence-electron chi connectivity index (χ3n) is 3.78. The summed E-state index contributed by atoms with van der Waals surface area (Å²) >= 11 is 5.92. The Hall–Kier alpha value is -0.920. The Morgan fingerprint density at radius 2 is 2.21 bits per heavy atom. The zero-order valence-corrected chi connectivity index (χ0v) is 11.0. The standard InChI is InChI=1S/C11H15ClF2N4O/c12-10-8(15)3-16-18(10)9-1-2-17(6-11(9,13)14)7-4-19-5-7/h3,7,9H,1-2,4-6,15H2. The van der Waals surface area contributed by atoms with Crippen molar-refractivity contribution < 1.29 is 13.5 Å². The molecule has 0 spiro atoms. The summed E-state index contributed by atoms with van der Waals surface area (Å²) in [6.07, 6.45) is 1.61. The molecule has 2 saturated heterocycles. The van der Waals surface area contributed by atoms with Crippen LogP contribution >= 0.6 is 11.6 Å². The summed E-state index contributed by atoms with van der Waals surface area (Å²) in [5.41, 5.74) is 5.78. The highest BCUT2D eigenvalue weighted by Gasteiger charge is 2.49. The Balaban J connectivity index is 1.78. The van der Waals surface area contributed by atoms with Gasteiger partial charge in [0, 0.05) is 6.54 Å². The number of piperidine rings is 1. The summed E-state index contributed by atoms with van der Waals surface area (Å²) in [5.74, 6) is -2.88. The fraction of sp³-hybridized carbons (Fsp3) is 0.727. The number of anilines is 1. The van der Waals surface area contributed by atoms with Crippen LogP contribution in [0.4, 0.5) is 14.5 Å². The van der Waals surface area contributed by atoms with E-state index in [-0.39, 0.29) is 23.4 Å². The van der Waals surface area contributed by atoms with Crippen molar-refractivity contribution in [2.45, 2.75) is 24.4 Å². The highest BCUT2D eigenvalue weighted by Crippen LogP contribution is 2.39. The molecule has 2 fully saturated rings. The molecular weight excluding hydrogens is 278 g/mol. The summed E-state index contributed by atoms with van der Waals surface area (Å²) in [6.45, 7) is 1.37. The number of hydrogen-bond acceptors (Lipinski definition) is 4. The van der Waals surface area contributed by atoms with Gasteiger partial charge in [0.05, 0.1) is 37.7 Å². The van der Waals surface area contributed by atoms with Gasteiger partial charge in [-0.15, -0.1) is 0 Å². The molecule has 1 aromatic rings. The predicted molar refractivity (Wildman–Crippen MR) is 66.4 cm³/mol. The van der Waals surface area contributed by atoms with Gasteiger partial charge >= 0.3 is 0 Å². The minimum absolute atomic E-state index is 0.0881. The van der Waals surface area contributed by atoms with E-state index in [4.69, 9.17) is 22.1 Å². The van der Waals surface area contributed by atoms with Crippen molar-refractivity contribution >= 4 is 17.3 Å². The van der Waals surface area contributed by atoms with Crippen LogP contribution in [0.1, 0.15) is 12.5 Å². The first-order valence-corrected chi connectivity index (χ1v) is 6.55. The van der Waals surface area contributed by atoms with Crippen LogP contribution in [0.5, 0.6) is 0 Å². The summed E-state index contributed by atoms with van der Waals surface area (Å²) in [6, 6.07) is -0.917. The number of nitrogens with two attached hydrogens (primary N) is 1. The van der Waals surface area contributed by atoms with Crippen molar-refractivity contribution in [3.8, 4) is 0 Å². The van der Waals surface area contributed by atoms with E-state index in [1.54, 1.807) is 4.90 Å². The van der Waals surface area contributed by atoms with Crippen molar-refractivity contribution in [1.29, 1.82) is 0 Å². The molecule has 0 aromatic carbocycles. The van der Waals surface area contributed by atoms with Crippen LogP contribution in [-0.2, 0) is 4.74 Å². The van der Waals surface area contributed by atoms with E-state index in [1.165, 1.54) is 6.20 Å². The van der Waals surface area contributed by atoms with Crippen LogP contribution in [-0.4, -0.2) is 52.9 Å². The predicted octanol–water partition coefficient (Wildman–Crippen LogP) is 1.40. The van der Waals surface area contributed by atoms with Crippen LogP contribution in [0, 0.1) is 0 Å². The first kappa shape index (κ1) is 13.1. The van der Waals surface area contributed by atoms with Gasteiger partial charge in [0.1, 0.15) is 6.04 Å². The summed E-state index contributed by atoms with van der Waals surface area (Å²) in [7, 11) is 0. The highest BCUT2D eigenvalue weighted by atomic mass is 35.5. The number of alkyl halides is 2. The first-order valence-electron chi connectivity index (χ1n) is 6.17. The second-order valence-corrected chi connectivity index (χ2v) is 5.42. The van der Waals surface area contributed by atoms with Crippen molar-refractivity contribution in [3.05, 3.63) is 11.3 Å². The van der Waals surface area contributed by atoms with E-state index < -0.39 is 12.0 Å². The Morgan fingerprint density at radius 3 is 2.68 bits per heavy atom. The van der Waals surface area contributed by atoms with Gasteiger partial charge in [-0.3, -0.25) is 4.90 Å². The number of rotatable bonds is 2. The second kappa shape index (κ2) is 4.57. The number of ether oxygens (including phenoxy) is 1. The molecule has 0 bridgehead atoms. The summed E-state index contributed by atoms with van der Waals surface area (Å²) in [5, 5.41) is 3.96. The number of hydrogen-bond donors (Lipinski definition) is 1. The molecule has 8 heteroatoms. The summed E-state index contributed by atoms with van der Waals surface area (Å²) in [4.78, 5) is 1.78. The van der Waals surface area contributed by atoms with E-state index in [2.05, 4.69) is 5.10 Å². The van der Waals surface area contributed by atoms with Crippen LogP contribution in [0.15, 0.2) is 6.20 Å². The lowest BCUT2D eigenvalue weighted by atomic mass is 9.99. The molecule has 1 atom stereocenters. The summed E-state index contributed by atoms with van der Waals surface area (Å²) < 4.78 is 34.7. The van der Waals surface area contributed by atoms with E-state index in [0.29, 0.717) is 26.2 Å². The van der Waals surface area contributed by atoms with Gasteiger partial charge < -0.3 is 10.5 Å². The molecule has 0 radical (unpaired) electrons. The molecule has 2 aliphatic rings. The molecule has 19 heavy (non-hydrogen) atoms. The first-order chi connectivity index (χ1) is 8.99. The number of nitrogen functional groups attached to an aromatic ring is 1. The Morgan fingerprint density at radius 1 is 1.47 bits per heavy atom. The maximum atomic E-state index is 14.3. The van der Waals surface area contributed by atoms with E-state index in [1.807, 2.05) is 0 Å². The lowest BCUT2D eigenvalue weighted by Crippen LogP contribution is -2.58. The maximum absolute atomic E-state index is 14.3. The van der Waals surface area contributed by atoms with Crippen molar-refractivity contribution in [1.82, 2.24) is 14.7 Å². The van der Waals surface area contributed by atoms with E-state index in [0.717, 1.165) is 4.68 Å². The molecule has 3 rings (SSSR count). The quantitative estimate of drug-likeness (QED) is 0.895. The van der Waals surface area contributed by atoms with Gasteiger partial charge in [-0.1, -0.05) is 11.6 Å². The smallest absolute Gasteiger partial charge is 0.282 e. The molecule has 2 N–H and O–H groups in total. The molecule has 1 aromatic heterocycles. The van der Waals surface area contributed by atoms with Crippen LogP contribution in [0.25, 0.3) is 0 Å². The number of likely N-dealkylation sites (tertiary alicyclic amines) is 1. The molecule has 2 aliphatic heterocycles. The van der Waals surface area contributed by atoms with Gasteiger partial charge in [-0.05, 0) is 6.42 Å². The van der Waals surface area contributed by atoms with Gasteiger partial charge in [0.25, 0.3) is 5.92 Å². The minimum Gasteiger partial charge on any atom is -0.395 e. The second-order valence-electron chi connectivity index (χ2n) is 5.06. The van der Waals surface area contributed by atoms with E-state index in [9.17, 15) is 8.78 Å². The molecular formula is C11H15ClF2N4O. The van der Waals surface area contributed by atoms with Crippen molar-refractivity contribution in [3.63, 3.8) is 0 Å². The number of halogens is 3. The van der Waals surface area contributed by atoms with Gasteiger partial charge in [0.15, 0.2) is 5.15 Å². The van der Waals surface area contributed by atoms with Crippen LogP contribution in [0.3, 0.4) is 0 Å². The SMILES string of the molecule is Nc1cnn(C2CCN(C3COC3)CC2(F)F)c1Cl. The molecule has 3 heterocycles. The molecule has 0 amide bonds. The Labute approximate surface area is 114 Å². The highest BCUT2D eigenvalue weighted by molar-refractivity contribution is 6.32. The Bertz CT molecular complexity index is 477. The maximum Gasteiger partial charge on any atom is 0.282 e. The lowest BCUT2D eigenvalue weighted by Gasteiger charge is -2.44. The molecule has 1 unspecified atom stereocenters. The number of aromatic nitrogens is 2.